The van der Waals surface area contributed by atoms with Crippen LogP contribution in [0.4, 0.5) is 0 Å². The number of benzene rings is 1. The van der Waals surface area contributed by atoms with Gasteiger partial charge in [0.2, 0.25) is 17.6 Å². The van der Waals surface area contributed by atoms with E-state index in [-0.39, 0.29) is 30.7 Å². The number of amides is 1. The molecule has 0 aliphatic carbocycles. The first kappa shape index (κ1) is 23.7. The fraction of sp³-hybridized carbons (Fsp3) is 0.471. The highest BCUT2D eigenvalue weighted by atomic mass is 35.5. The molecule has 7 nitrogen and oxygen atoms in total. The van der Waals surface area contributed by atoms with Crippen LogP contribution in [0.25, 0.3) is 11.4 Å². The van der Waals surface area contributed by atoms with Gasteiger partial charge in [0.05, 0.1) is 6.54 Å². The van der Waals surface area contributed by atoms with Gasteiger partial charge in [-0.2, -0.15) is 4.98 Å². The quantitative estimate of drug-likeness (QED) is 0.749. The Labute approximate surface area is 176 Å². The van der Waals surface area contributed by atoms with Gasteiger partial charge in [-0.1, -0.05) is 16.8 Å². The molecule has 1 saturated heterocycles. The standard InChI is InChI=1S/C17H22ClN5O2.2ClH/c18-14-5-3-13(4-6-14)17-20-15(25-21-17)12-22-8-10-23(11-9-22)16(24)2-1-7-19;;/h3-6H,1-2,7-12,19H2;2*1H. The second-order valence-corrected chi connectivity index (χ2v) is 6.50. The van der Waals surface area contributed by atoms with Crippen molar-refractivity contribution in [3.8, 4) is 11.4 Å². The Morgan fingerprint density at radius 2 is 1.81 bits per heavy atom. The second kappa shape index (κ2) is 11.5. The zero-order valence-electron chi connectivity index (χ0n) is 14.8. The molecule has 0 saturated carbocycles. The highest BCUT2D eigenvalue weighted by Gasteiger charge is 2.22. The van der Waals surface area contributed by atoms with E-state index in [4.69, 9.17) is 21.9 Å². The minimum atomic E-state index is 0. The van der Waals surface area contributed by atoms with Crippen molar-refractivity contribution in [1.29, 1.82) is 0 Å². The van der Waals surface area contributed by atoms with Crippen molar-refractivity contribution >= 4 is 42.3 Å². The SMILES string of the molecule is Cl.Cl.NCCCC(=O)N1CCN(Cc2nc(-c3ccc(Cl)cc3)no2)CC1. The predicted octanol–water partition coefficient (Wildman–Crippen LogP) is 2.62. The van der Waals surface area contributed by atoms with E-state index in [9.17, 15) is 4.79 Å². The van der Waals surface area contributed by atoms with Gasteiger partial charge in [-0.3, -0.25) is 9.69 Å². The highest BCUT2D eigenvalue weighted by Crippen LogP contribution is 2.19. The Morgan fingerprint density at radius 1 is 1.15 bits per heavy atom. The first-order valence-corrected chi connectivity index (χ1v) is 8.82. The molecule has 0 bridgehead atoms. The van der Waals surface area contributed by atoms with E-state index in [0.29, 0.717) is 36.2 Å². The zero-order valence-corrected chi connectivity index (χ0v) is 17.2. The lowest BCUT2D eigenvalue weighted by Gasteiger charge is -2.34. The van der Waals surface area contributed by atoms with Crippen molar-refractivity contribution in [2.75, 3.05) is 32.7 Å². The summed E-state index contributed by atoms with van der Waals surface area (Å²) in [5.74, 6) is 1.32. The van der Waals surface area contributed by atoms with Gasteiger partial charge < -0.3 is 15.2 Å². The molecule has 0 radical (unpaired) electrons. The van der Waals surface area contributed by atoms with Crippen LogP contribution >= 0.6 is 36.4 Å². The van der Waals surface area contributed by atoms with Gasteiger partial charge in [-0.05, 0) is 37.2 Å². The molecule has 2 heterocycles. The zero-order chi connectivity index (χ0) is 17.6. The lowest BCUT2D eigenvalue weighted by molar-refractivity contribution is -0.133. The Balaban J connectivity index is 0.00000182. The topological polar surface area (TPSA) is 88.5 Å². The molecule has 0 atom stereocenters. The Hall–Kier alpha value is -1.38. The van der Waals surface area contributed by atoms with Crippen LogP contribution in [-0.4, -0.2) is 58.6 Å². The van der Waals surface area contributed by atoms with Crippen molar-refractivity contribution in [1.82, 2.24) is 19.9 Å². The fourth-order valence-corrected chi connectivity index (χ4v) is 2.92. The largest absolute Gasteiger partial charge is 0.340 e. The van der Waals surface area contributed by atoms with E-state index >= 15 is 0 Å². The Kier molecular flexibility index (Phi) is 10.0. The number of carbonyl (C=O) groups is 1. The molecule has 3 rings (SSSR count). The van der Waals surface area contributed by atoms with Crippen molar-refractivity contribution < 1.29 is 9.32 Å². The molecule has 1 fully saturated rings. The van der Waals surface area contributed by atoms with Crippen LogP contribution in [0.1, 0.15) is 18.7 Å². The van der Waals surface area contributed by atoms with Crippen LogP contribution < -0.4 is 5.73 Å². The summed E-state index contributed by atoms with van der Waals surface area (Å²) in [6, 6.07) is 7.33. The first-order valence-electron chi connectivity index (χ1n) is 8.44. The van der Waals surface area contributed by atoms with Crippen molar-refractivity contribution in [2.24, 2.45) is 5.73 Å². The average Bonchev–Trinajstić information content (AvgIpc) is 3.09. The van der Waals surface area contributed by atoms with Gasteiger partial charge >= 0.3 is 0 Å². The number of hydrogen-bond donors (Lipinski definition) is 1. The minimum Gasteiger partial charge on any atom is -0.340 e. The molecule has 1 amide bonds. The third kappa shape index (κ3) is 6.62. The molecular formula is C17H24Cl3N5O2. The summed E-state index contributed by atoms with van der Waals surface area (Å²) in [5, 5.41) is 4.70. The number of nitrogens with two attached hydrogens (primary N) is 1. The molecule has 150 valence electrons. The summed E-state index contributed by atoms with van der Waals surface area (Å²) in [5.41, 5.74) is 6.33. The van der Waals surface area contributed by atoms with Crippen molar-refractivity contribution in [2.45, 2.75) is 19.4 Å². The monoisotopic (exact) mass is 435 g/mol. The minimum absolute atomic E-state index is 0. The third-order valence-electron chi connectivity index (χ3n) is 4.25. The number of nitrogens with zero attached hydrogens (tertiary/aromatic N) is 4. The summed E-state index contributed by atoms with van der Waals surface area (Å²) in [7, 11) is 0. The number of aromatic nitrogens is 2. The van der Waals surface area contributed by atoms with Gasteiger partial charge in [0.15, 0.2) is 0 Å². The van der Waals surface area contributed by atoms with Crippen LogP contribution in [0.3, 0.4) is 0 Å². The van der Waals surface area contributed by atoms with Gasteiger partial charge in [0.1, 0.15) is 0 Å². The number of carbonyl (C=O) groups excluding carboxylic acids is 1. The smallest absolute Gasteiger partial charge is 0.241 e. The molecule has 0 spiro atoms. The Morgan fingerprint density at radius 3 is 2.44 bits per heavy atom. The van der Waals surface area contributed by atoms with Gasteiger partial charge in [-0.25, -0.2) is 0 Å². The highest BCUT2D eigenvalue weighted by molar-refractivity contribution is 6.30. The fourth-order valence-electron chi connectivity index (χ4n) is 2.79. The van der Waals surface area contributed by atoms with Crippen molar-refractivity contribution in [3.63, 3.8) is 0 Å². The number of halogens is 3. The Bertz CT molecular complexity index is 703. The molecule has 10 heteroatoms. The third-order valence-corrected chi connectivity index (χ3v) is 4.50. The van der Waals surface area contributed by atoms with Gasteiger partial charge in [0, 0.05) is 43.2 Å². The summed E-state index contributed by atoms with van der Waals surface area (Å²) in [6.07, 6.45) is 1.28. The molecule has 1 aliphatic rings. The summed E-state index contributed by atoms with van der Waals surface area (Å²) in [4.78, 5) is 20.6. The van der Waals surface area contributed by atoms with E-state index in [1.807, 2.05) is 17.0 Å². The lowest BCUT2D eigenvalue weighted by Crippen LogP contribution is -2.48. The molecule has 1 aromatic heterocycles. The summed E-state index contributed by atoms with van der Waals surface area (Å²) in [6.45, 7) is 4.19. The molecule has 2 N–H and O–H groups in total. The normalized spacial score (nSPS) is 14.4. The predicted molar refractivity (Wildman–Crippen MR) is 109 cm³/mol. The molecular weight excluding hydrogens is 413 g/mol. The van der Waals surface area contributed by atoms with Gasteiger partial charge in [-0.15, -0.1) is 24.8 Å². The van der Waals surface area contributed by atoms with Gasteiger partial charge in [0.25, 0.3) is 0 Å². The molecule has 1 aromatic carbocycles. The van der Waals surface area contributed by atoms with Crippen LogP contribution in [-0.2, 0) is 11.3 Å². The maximum atomic E-state index is 12.0. The van der Waals surface area contributed by atoms with Crippen LogP contribution in [0.5, 0.6) is 0 Å². The number of rotatable bonds is 6. The second-order valence-electron chi connectivity index (χ2n) is 6.07. The van der Waals surface area contributed by atoms with E-state index in [1.165, 1.54) is 0 Å². The van der Waals surface area contributed by atoms with Crippen LogP contribution in [0.15, 0.2) is 28.8 Å². The first-order chi connectivity index (χ1) is 12.2. The van der Waals surface area contributed by atoms with E-state index in [1.54, 1.807) is 12.1 Å². The molecule has 1 aliphatic heterocycles. The summed E-state index contributed by atoms with van der Waals surface area (Å²) >= 11 is 5.89. The molecule has 27 heavy (non-hydrogen) atoms. The molecule has 0 unspecified atom stereocenters. The number of hydrogen-bond acceptors (Lipinski definition) is 6. The van der Waals surface area contributed by atoms with E-state index in [0.717, 1.165) is 38.2 Å². The molecule has 2 aromatic rings. The van der Waals surface area contributed by atoms with Crippen LogP contribution in [0.2, 0.25) is 5.02 Å². The maximum Gasteiger partial charge on any atom is 0.241 e. The summed E-state index contributed by atoms with van der Waals surface area (Å²) < 4.78 is 5.35. The lowest BCUT2D eigenvalue weighted by atomic mass is 10.2. The van der Waals surface area contributed by atoms with Crippen LogP contribution in [0, 0.1) is 0 Å². The maximum absolute atomic E-state index is 12.0. The number of piperazine rings is 1. The van der Waals surface area contributed by atoms with E-state index in [2.05, 4.69) is 15.0 Å². The van der Waals surface area contributed by atoms with Crippen molar-refractivity contribution in [3.05, 3.63) is 35.2 Å². The average molecular weight is 437 g/mol. The van der Waals surface area contributed by atoms with E-state index < -0.39 is 0 Å².